The van der Waals surface area contributed by atoms with Crippen LogP contribution in [0.15, 0.2) is 6.20 Å². The van der Waals surface area contributed by atoms with Gasteiger partial charge in [0, 0.05) is 18.8 Å². The maximum Gasteiger partial charge on any atom is 0.159 e. The van der Waals surface area contributed by atoms with Crippen molar-refractivity contribution in [3.8, 4) is 9.88 Å². The van der Waals surface area contributed by atoms with Gasteiger partial charge in [0.25, 0.3) is 0 Å². The number of nitrogens with zero attached hydrogens (tertiary/aromatic N) is 3. The first-order valence-electron chi connectivity index (χ1n) is 5.30. The van der Waals surface area contributed by atoms with E-state index in [9.17, 15) is 0 Å². The van der Waals surface area contributed by atoms with Crippen LogP contribution in [-0.2, 0) is 6.54 Å². The summed E-state index contributed by atoms with van der Waals surface area (Å²) in [6, 6.07) is 0.720. The van der Waals surface area contributed by atoms with Crippen molar-refractivity contribution in [2.75, 3.05) is 0 Å². The molecule has 0 unspecified atom stereocenters. The monoisotopic (exact) mass is 252 g/mol. The Labute approximate surface area is 102 Å². The number of rotatable bonds is 4. The molecule has 2 aromatic heterocycles. The topological polar surface area (TPSA) is 50.7 Å². The molecule has 0 bridgehead atoms. The van der Waals surface area contributed by atoms with Gasteiger partial charge in [-0.3, -0.25) is 0 Å². The lowest BCUT2D eigenvalue weighted by Crippen LogP contribution is -2.14. The van der Waals surface area contributed by atoms with Gasteiger partial charge in [-0.25, -0.2) is 4.98 Å². The Bertz CT molecular complexity index is 486. The molecule has 2 aromatic rings. The number of thiazole rings is 1. The lowest BCUT2D eigenvalue weighted by atomic mass is 10.6. The number of nitrogens with one attached hydrogen (secondary N) is 1. The number of aryl methyl sites for hydroxylation is 1. The van der Waals surface area contributed by atoms with Crippen LogP contribution in [0.2, 0.25) is 0 Å². The predicted octanol–water partition coefficient (Wildman–Crippen LogP) is 2.22. The second kappa shape index (κ2) is 4.20. The predicted molar refractivity (Wildman–Crippen MR) is 65.6 cm³/mol. The van der Waals surface area contributed by atoms with Crippen LogP contribution < -0.4 is 5.32 Å². The van der Waals surface area contributed by atoms with Gasteiger partial charge in [0.1, 0.15) is 5.01 Å². The summed E-state index contributed by atoms with van der Waals surface area (Å²) in [4.78, 5) is 5.35. The second-order valence-corrected chi connectivity index (χ2v) is 6.20. The molecular weight excluding hydrogens is 240 g/mol. The maximum absolute atomic E-state index is 4.23. The van der Waals surface area contributed by atoms with Crippen molar-refractivity contribution in [3.63, 3.8) is 0 Å². The molecule has 0 aliphatic heterocycles. The smallest absolute Gasteiger partial charge is 0.159 e. The Kier molecular flexibility index (Phi) is 2.70. The molecular formula is C10H12N4S2. The van der Waals surface area contributed by atoms with Gasteiger partial charge in [-0.1, -0.05) is 11.3 Å². The van der Waals surface area contributed by atoms with Crippen molar-refractivity contribution in [1.82, 2.24) is 20.5 Å². The van der Waals surface area contributed by atoms with E-state index >= 15 is 0 Å². The second-order valence-electron chi connectivity index (χ2n) is 3.90. The molecule has 1 saturated carbocycles. The van der Waals surface area contributed by atoms with Crippen LogP contribution in [0.1, 0.15) is 22.9 Å². The van der Waals surface area contributed by atoms with Crippen LogP contribution in [0.5, 0.6) is 0 Å². The quantitative estimate of drug-likeness (QED) is 0.906. The van der Waals surface area contributed by atoms with Gasteiger partial charge >= 0.3 is 0 Å². The highest BCUT2D eigenvalue weighted by Crippen LogP contribution is 2.28. The Hall–Kier alpha value is -0.850. The summed E-state index contributed by atoms with van der Waals surface area (Å²) in [5, 5.41) is 14.9. The normalized spacial score (nSPS) is 15.6. The average Bonchev–Trinajstić information content (AvgIpc) is 2.81. The summed E-state index contributed by atoms with van der Waals surface area (Å²) in [6.07, 6.45) is 4.48. The molecule has 1 fully saturated rings. The summed E-state index contributed by atoms with van der Waals surface area (Å²) in [5.41, 5.74) is 0. The first-order chi connectivity index (χ1) is 7.81. The molecule has 16 heavy (non-hydrogen) atoms. The third kappa shape index (κ3) is 2.28. The molecule has 2 heterocycles. The molecule has 0 aromatic carbocycles. The molecule has 0 radical (unpaired) electrons. The molecule has 6 heteroatoms. The number of aromatic nitrogens is 3. The molecule has 0 amide bonds. The van der Waals surface area contributed by atoms with Gasteiger partial charge in [0.05, 0.1) is 9.88 Å². The fraction of sp³-hybridized carbons (Fsp3) is 0.500. The van der Waals surface area contributed by atoms with Crippen molar-refractivity contribution < 1.29 is 0 Å². The van der Waals surface area contributed by atoms with E-state index < -0.39 is 0 Å². The van der Waals surface area contributed by atoms with Gasteiger partial charge in [0.2, 0.25) is 0 Å². The van der Waals surface area contributed by atoms with Crippen LogP contribution in [-0.4, -0.2) is 21.2 Å². The first kappa shape index (κ1) is 10.3. The molecule has 3 rings (SSSR count). The summed E-state index contributed by atoms with van der Waals surface area (Å²) in [5.74, 6) is 0. The van der Waals surface area contributed by atoms with E-state index in [4.69, 9.17) is 0 Å². The van der Waals surface area contributed by atoms with E-state index in [0.717, 1.165) is 32.5 Å². The molecule has 1 aliphatic rings. The minimum atomic E-state index is 0.720. The Morgan fingerprint density at radius 1 is 1.38 bits per heavy atom. The van der Waals surface area contributed by atoms with Gasteiger partial charge in [0.15, 0.2) is 5.01 Å². The molecule has 4 nitrogen and oxygen atoms in total. The molecule has 1 aliphatic carbocycles. The molecule has 1 N–H and O–H groups in total. The third-order valence-corrected chi connectivity index (χ3v) is 4.42. The van der Waals surface area contributed by atoms with E-state index in [1.54, 1.807) is 22.7 Å². The largest absolute Gasteiger partial charge is 0.308 e. The summed E-state index contributed by atoms with van der Waals surface area (Å²) in [6.45, 7) is 2.85. The van der Waals surface area contributed by atoms with Crippen LogP contribution in [0.25, 0.3) is 9.88 Å². The van der Waals surface area contributed by atoms with E-state index in [-0.39, 0.29) is 0 Å². The highest BCUT2D eigenvalue weighted by atomic mass is 32.1. The van der Waals surface area contributed by atoms with Crippen LogP contribution in [0.3, 0.4) is 0 Å². The van der Waals surface area contributed by atoms with E-state index in [0.29, 0.717) is 0 Å². The van der Waals surface area contributed by atoms with Crippen molar-refractivity contribution in [2.45, 2.75) is 32.4 Å². The fourth-order valence-corrected chi connectivity index (χ4v) is 3.01. The Morgan fingerprint density at radius 3 is 2.94 bits per heavy atom. The summed E-state index contributed by atoms with van der Waals surface area (Å²) >= 11 is 3.32. The fourth-order valence-electron chi connectivity index (χ4n) is 1.40. The SMILES string of the molecule is Cc1ncc(-c2nnc(CNC3CC3)s2)s1. The molecule has 84 valence electrons. The first-order valence-corrected chi connectivity index (χ1v) is 6.93. The van der Waals surface area contributed by atoms with E-state index in [2.05, 4.69) is 20.5 Å². The zero-order valence-electron chi connectivity index (χ0n) is 8.93. The van der Waals surface area contributed by atoms with Crippen molar-refractivity contribution >= 4 is 22.7 Å². The Morgan fingerprint density at radius 2 is 2.25 bits per heavy atom. The standard InChI is InChI=1S/C10H12N4S2/c1-6-11-4-8(15-6)10-14-13-9(16-10)5-12-7-2-3-7/h4,7,12H,2-3,5H2,1H3. The van der Waals surface area contributed by atoms with E-state index in [1.165, 1.54) is 12.8 Å². The van der Waals surface area contributed by atoms with Crippen LogP contribution >= 0.6 is 22.7 Å². The number of hydrogen-bond acceptors (Lipinski definition) is 6. The van der Waals surface area contributed by atoms with Gasteiger partial charge in [-0.15, -0.1) is 21.5 Å². The average molecular weight is 252 g/mol. The number of hydrogen-bond donors (Lipinski definition) is 1. The summed E-state index contributed by atoms with van der Waals surface area (Å²) < 4.78 is 0. The van der Waals surface area contributed by atoms with Crippen molar-refractivity contribution in [1.29, 1.82) is 0 Å². The zero-order valence-corrected chi connectivity index (χ0v) is 10.6. The summed E-state index contributed by atoms with van der Waals surface area (Å²) in [7, 11) is 0. The Balaban J connectivity index is 1.71. The van der Waals surface area contributed by atoms with Gasteiger partial charge < -0.3 is 5.32 Å². The highest BCUT2D eigenvalue weighted by Gasteiger charge is 2.20. The van der Waals surface area contributed by atoms with Crippen molar-refractivity contribution in [2.24, 2.45) is 0 Å². The van der Waals surface area contributed by atoms with Gasteiger partial charge in [-0.2, -0.15) is 0 Å². The minimum Gasteiger partial charge on any atom is -0.308 e. The van der Waals surface area contributed by atoms with Gasteiger partial charge in [-0.05, 0) is 19.8 Å². The minimum absolute atomic E-state index is 0.720. The maximum atomic E-state index is 4.23. The third-order valence-electron chi connectivity index (χ3n) is 2.42. The zero-order chi connectivity index (χ0) is 11.0. The molecule has 0 atom stereocenters. The van der Waals surface area contributed by atoms with E-state index in [1.807, 2.05) is 13.1 Å². The molecule has 0 spiro atoms. The van der Waals surface area contributed by atoms with Crippen LogP contribution in [0, 0.1) is 6.92 Å². The molecule has 0 saturated heterocycles. The highest BCUT2D eigenvalue weighted by molar-refractivity contribution is 7.21. The lowest BCUT2D eigenvalue weighted by molar-refractivity contribution is 0.679. The van der Waals surface area contributed by atoms with Crippen molar-refractivity contribution in [3.05, 3.63) is 16.2 Å². The van der Waals surface area contributed by atoms with Crippen LogP contribution in [0.4, 0.5) is 0 Å². The lowest BCUT2D eigenvalue weighted by Gasteiger charge is -1.95.